The SMILES string of the molecule is CC(C)(C)c1ccc(N(c2ccc(C(C)(C)C)cc2)c2ccc3c(c2)N(c2cccc4c2oc2ccccc24)c2cc(C#N)cc4c2B3c2cc(C(C)(C)C)cc3c2N4c2cc(C(C)(C)C)cc4c5cc(C(C)(C)C)ccc5n-3c24)cc1. The molecule has 0 unspecified atom stereocenters. The molecule has 14 rings (SSSR count). The fourth-order valence-electron chi connectivity index (χ4n) is 13.4. The number of rotatable bonds is 4. The Labute approximate surface area is 484 Å². The molecule has 7 heteroatoms. The molecule has 2 aromatic heterocycles. The molecule has 0 atom stereocenters. The van der Waals surface area contributed by atoms with E-state index in [0.717, 1.165) is 84.3 Å². The highest BCUT2D eigenvalue weighted by Gasteiger charge is 2.48. The van der Waals surface area contributed by atoms with Gasteiger partial charge in [-0.3, -0.25) is 0 Å². The summed E-state index contributed by atoms with van der Waals surface area (Å²) in [5.41, 5.74) is 24.7. The van der Waals surface area contributed by atoms with E-state index in [9.17, 15) is 5.26 Å². The van der Waals surface area contributed by atoms with Crippen molar-refractivity contribution < 1.29 is 4.42 Å². The second-order valence-electron chi connectivity index (χ2n) is 28.7. The molecule has 82 heavy (non-hydrogen) atoms. The van der Waals surface area contributed by atoms with Gasteiger partial charge in [0.15, 0.2) is 5.58 Å². The molecule has 6 nitrogen and oxygen atoms in total. The molecule has 0 N–H and O–H groups in total. The van der Waals surface area contributed by atoms with Crippen LogP contribution in [0, 0.1) is 11.3 Å². The summed E-state index contributed by atoms with van der Waals surface area (Å²) in [6.07, 6.45) is 0. The molecule has 406 valence electrons. The van der Waals surface area contributed by atoms with Crippen molar-refractivity contribution in [2.24, 2.45) is 0 Å². The Balaban J connectivity index is 1.12. The lowest BCUT2D eigenvalue weighted by Crippen LogP contribution is -2.62. The van der Waals surface area contributed by atoms with E-state index >= 15 is 0 Å². The predicted octanol–water partition coefficient (Wildman–Crippen LogP) is 18.9. The summed E-state index contributed by atoms with van der Waals surface area (Å²) in [6.45, 7) is 34.4. The van der Waals surface area contributed by atoms with Crippen molar-refractivity contribution in [1.29, 1.82) is 5.26 Å². The number of hydrogen-bond donors (Lipinski definition) is 0. The summed E-state index contributed by atoms with van der Waals surface area (Å²) in [6, 6.07) is 64.4. The Bertz CT molecular complexity index is 4490. The lowest BCUT2D eigenvalue weighted by molar-refractivity contribution is 0.590. The summed E-state index contributed by atoms with van der Waals surface area (Å²) in [5, 5.41) is 16.1. The third-order valence-corrected chi connectivity index (χ3v) is 18.0. The van der Waals surface area contributed by atoms with Gasteiger partial charge in [0.2, 0.25) is 0 Å². The quantitative estimate of drug-likeness (QED) is 0.164. The minimum absolute atomic E-state index is 0.0114. The Morgan fingerprint density at radius 3 is 1.59 bits per heavy atom. The fourth-order valence-corrected chi connectivity index (χ4v) is 13.4. The maximum Gasteiger partial charge on any atom is 0.252 e. The van der Waals surface area contributed by atoms with E-state index in [1.165, 1.54) is 60.5 Å². The number of aromatic nitrogens is 1. The normalized spacial score (nSPS) is 14.0. The van der Waals surface area contributed by atoms with Crippen LogP contribution < -0.4 is 31.1 Å². The van der Waals surface area contributed by atoms with Crippen LogP contribution in [0.5, 0.6) is 0 Å². The number of anilines is 9. The molecule has 9 aromatic carbocycles. The van der Waals surface area contributed by atoms with Crippen molar-refractivity contribution in [2.45, 2.75) is 131 Å². The third-order valence-electron chi connectivity index (χ3n) is 18.0. The summed E-state index contributed by atoms with van der Waals surface area (Å²) in [7, 11) is 0. The first kappa shape index (κ1) is 51.7. The summed E-state index contributed by atoms with van der Waals surface area (Å²) >= 11 is 0. The fraction of sp³-hybridized carbons (Fsp3) is 0.267. The van der Waals surface area contributed by atoms with Crippen molar-refractivity contribution in [1.82, 2.24) is 4.57 Å². The Morgan fingerprint density at radius 1 is 0.415 bits per heavy atom. The van der Waals surface area contributed by atoms with E-state index in [2.05, 4.69) is 287 Å². The van der Waals surface area contributed by atoms with Gasteiger partial charge in [-0.05, 0) is 162 Å². The molecule has 0 radical (unpaired) electrons. The molecule has 0 fully saturated rings. The molecule has 11 aromatic rings. The van der Waals surface area contributed by atoms with Gasteiger partial charge in [-0.15, -0.1) is 0 Å². The number of para-hydroxylation sites is 2. The van der Waals surface area contributed by atoms with E-state index < -0.39 is 0 Å². The molecule has 0 amide bonds. The van der Waals surface area contributed by atoms with E-state index in [-0.39, 0.29) is 33.8 Å². The average molecular weight is 1070 g/mol. The van der Waals surface area contributed by atoms with Crippen LogP contribution in [-0.2, 0) is 27.1 Å². The van der Waals surface area contributed by atoms with Gasteiger partial charge in [0, 0.05) is 55.7 Å². The Morgan fingerprint density at radius 2 is 0.963 bits per heavy atom. The van der Waals surface area contributed by atoms with Gasteiger partial charge in [-0.25, -0.2) is 0 Å². The molecule has 0 saturated carbocycles. The van der Waals surface area contributed by atoms with Gasteiger partial charge in [-0.2, -0.15) is 5.26 Å². The molecular weight excluding hydrogens is 998 g/mol. The van der Waals surface area contributed by atoms with Crippen molar-refractivity contribution in [3.63, 3.8) is 0 Å². The van der Waals surface area contributed by atoms with Crippen molar-refractivity contribution in [3.8, 4) is 11.8 Å². The molecule has 0 saturated heterocycles. The molecular formula is C75H72BN5O. The second kappa shape index (κ2) is 17.3. The Kier molecular flexibility index (Phi) is 10.9. The highest BCUT2D eigenvalue weighted by molar-refractivity contribution is 7.00. The van der Waals surface area contributed by atoms with Crippen LogP contribution in [0.2, 0.25) is 0 Å². The topological polar surface area (TPSA) is 51.6 Å². The highest BCUT2D eigenvalue weighted by atomic mass is 16.3. The second-order valence-corrected chi connectivity index (χ2v) is 28.7. The first-order valence-electron chi connectivity index (χ1n) is 29.3. The number of nitriles is 1. The highest BCUT2D eigenvalue weighted by Crippen LogP contribution is 2.55. The zero-order valence-corrected chi connectivity index (χ0v) is 50.3. The Hall–Kier alpha value is -8.47. The largest absolute Gasteiger partial charge is 0.454 e. The summed E-state index contributed by atoms with van der Waals surface area (Å²) < 4.78 is 9.62. The number of furan rings is 1. The first-order valence-corrected chi connectivity index (χ1v) is 29.3. The van der Waals surface area contributed by atoms with Gasteiger partial charge in [-0.1, -0.05) is 177 Å². The lowest BCUT2D eigenvalue weighted by atomic mass is 9.33. The van der Waals surface area contributed by atoms with E-state index in [1.807, 2.05) is 6.07 Å². The van der Waals surface area contributed by atoms with Crippen molar-refractivity contribution >= 4 is 118 Å². The lowest BCUT2D eigenvalue weighted by Gasteiger charge is -2.47. The van der Waals surface area contributed by atoms with Crippen LogP contribution in [0.1, 0.15) is 137 Å². The van der Waals surface area contributed by atoms with Crippen LogP contribution in [-0.4, -0.2) is 11.3 Å². The third kappa shape index (κ3) is 7.73. The minimum atomic E-state index is -0.219. The number of hydrogen-bond acceptors (Lipinski definition) is 5. The van der Waals surface area contributed by atoms with Gasteiger partial charge in [0.25, 0.3) is 6.71 Å². The molecule has 0 aliphatic carbocycles. The summed E-state index contributed by atoms with van der Waals surface area (Å²) in [5.74, 6) is 0. The van der Waals surface area contributed by atoms with E-state index in [4.69, 9.17) is 4.42 Å². The summed E-state index contributed by atoms with van der Waals surface area (Å²) in [4.78, 5) is 7.39. The standard InChI is InChI=1S/C75H72BN5O/c1-71(2,3)45-23-28-50(29-24-45)78(51-30-25-46(26-31-51)72(4,5)6)52-32-33-57-61(42-52)79(60-21-18-20-54-53-19-16-17-22-66(53)82-70(54)60)62-35-44(43-77)36-63-67(62)76(57)58-39-49(75(13,14)15)41-65-69(58)81(63)64-40-48(74(10,11)12)38-56-55-37-47(73(7,8)9)27-34-59(55)80(65)68(56)64/h16-42H,1-15H3. The maximum atomic E-state index is 11.5. The molecule has 5 heterocycles. The van der Waals surface area contributed by atoms with Crippen molar-refractivity contribution in [3.05, 3.63) is 197 Å². The molecule has 0 bridgehead atoms. The van der Waals surface area contributed by atoms with Crippen LogP contribution in [0.25, 0.3) is 49.4 Å². The molecule has 0 spiro atoms. The zero-order chi connectivity index (χ0) is 57.5. The monoisotopic (exact) mass is 1070 g/mol. The van der Waals surface area contributed by atoms with Crippen LogP contribution in [0.4, 0.5) is 51.2 Å². The van der Waals surface area contributed by atoms with Crippen LogP contribution in [0.15, 0.2) is 168 Å². The van der Waals surface area contributed by atoms with E-state index in [1.54, 1.807) is 0 Å². The predicted molar refractivity (Wildman–Crippen MR) is 349 cm³/mol. The van der Waals surface area contributed by atoms with Gasteiger partial charge < -0.3 is 23.7 Å². The smallest absolute Gasteiger partial charge is 0.252 e. The average Bonchev–Trinajstić information content (AvgIpc) is 3.29. The molecule has 3 aliphatic rings. The number of benzene rings is 9. The maximum absolute atomic E-state index is 11.5. The van der Waals surface area contributed by atoms with Gasteiger partial charge in [0.05, 0.1) is 45.4 Å². The number of nitrogens with zero attached hydrogens (tertiary/aromatic N) is 5. The van der Waals surface area contributed by atoms with Crippen LogP contribution >= 0.6 is 0 Å². The van der Waals surface area contributed by atoms with Gasteiger partial charge in [0.1, 0.15) is 5.58 Å². The van der Waals surface area contributed by atoms with Gasteiger partial charge >= 0.3 is 0 Å². The minimum Gasteiger partial charge on any atom is -0.454 e. The van der Waals surface area contributed by atoms with E-state index in [0.29, 0.717) is 5.56 Å². The molecule has 3 aliphatic heterocycles. The van der Waals surface area contributed by atoms with Crippen molar-refractivity contribution in [2.75, 3.05) is 14.7 Å². The number of fused-ring (bicyclic) bond motifs is 12. The zero-order valence-electron chi connectivity index (χ0n) is 50.3. The first-order chi connectivity index (χ1) is 38.8. The van der Waals surface area contributed by atoms with Crippen LogP contribution in [0.3, 0.4) is 0 Å².